The zero-order valence-corrected chi connectivity index (χ0v) is 31.2. The van der Waals surface area contributed by atoms with Crippen LogP contribution in [0.5, 0.6) is 0 Å². The van der Waals surface area contributed by atoms with E-state index < -0.39 is 5.41 Å². The molecule has 2 nitrogen and oxygen atoms in total. The molecule has 0 bridgehead atoms. The van der Waals surface area contributed by atoms with Crippen LogP contribution in [0.15, 0.2) is 218 Å². The zero-order chi connectivity index (χ0) is 37.5. The maximum atomic E-state index is 2.53. The van der Waals surface area contributed by atoms with E-state index in [4.69, 9.17) is 0 Å². The molecule has 1 aliphatic rings. The number of rotatable bonds is 5. The van der Waals surface area contributed by atoms with Gasteiger partial charge < -0.3 is 9.13 Å². The largest absolute Gasteiger partial charge is 0.309 e. The van der Waals surface area contributed by atoms with Crippen LogP contribution in [0.1, 0.15) is 22.3 Å². The Morgan fingerprint density at radius 3 is 1.42 bits per heavy atom. The summed E-state index contributed by atoms with van der Waals surface area (Å²) in [5, 5.41) is 5.07. The lowest BCUT2D eigenvalue weighted by atomic mass is 9.67. The Kier molecular flexibility index (Phi) is 6.88. The topological polar surface area (TPSA) is 9.86 Å². The predicted octanol–water partition coefficient (Wildman–Crippen LogP) is 13.9. The highest BCUT2D eigenvalue weighted by molar-refractivity contribution is 6.22. The smallest absolute Gasteiger partial charge is 0.0714 e. The fourth-order valence-electron chi connectivity index (χ4n) is 10.1. The Labute approximate surface area is 331 Å². The summed E-state index contributed by atoms with van der Waals surface area (Å²) in [6.07, 6.45) is 0. The van der Waals surface area contributed by atoms with Gasteiger partial charge in [0.1, 0.15) is 0 Å². The van der Waals surface area contributed by atoms with Crippen molar-refractivity contribution in [2.75, 3.05) is 0 Å². The highest BCUT2D eigenvalue weighted by Crippen LogP contribution is 2.60. The summed E-state index contributed by atoms with van der Waals surface area (Å²) in [6.45, 7) is 0. The Bertz CT molecular complexity index is 3220. The minimum Gasteiger partial charge on any atom is -0.309 e. The second kappa shape index (κ2) is 12.3. The van der Waals surface area contributed by atoms with Gasteiger partial charge in [0.25, 0.3) is 0 Å². The molecule has 0 aliphatic heterocycles. The van der Waals surface area contributed by atoms with Crippen molar-refractivity contribution in [3.63, 3.8) is 0 Å². The SMILES string of the molecule is c1ccc(-n2c3ccccc3c3c4c(cc(-c5ccc(-n6c7ccccc7c7ccccc76)cc5)c32)C(c2ccccc2)(c2ccccc2)c2ccccc2-4)cc1. The van der Waals surface area contributed by atoms with Crippen LogP contribution in [-0.4, -0.2) is 9.13 Å². The summed E-state index contributed by atoms with van der Waals surface area (Å²) < 4.78 is 4.90. The van der Waals surface area contributed by atoms with Gasteiger partial charge in [0.05, 0.1) is 27.5 Å². The molecule has 2 heterocycles. The van der Waals surface area contributed by atoms with E-state index in [1.807, 2.05) is 0 Å². The number of fused-ring (bicyclic) bond motifs is 10. The van der Waals surface area contributed by atoms with Crippen molar-refractivity contribution < 1.29 is 0 Å². The Hall–Kier alpha value is -7.42. The molecule has 2 aromatic heterocycles. The number of aromatic nitrogens is 2. The van der Waals surface area contributed by atoms with Gasteiger partial charge in [-0.15, -0.1) is 0 Å². The second-order valence-corrected chi connectivity index (χ2v) is 15.2. The summed E-state index contributed by atoms with van der Waals surface area (Å²) in [5.41, 5.74) is 16.7. The van der Waals surface area contributed by atoms with E-state index in [2.05, 4.69) is 228 Å². The van der Waals surface area contributed by atoms with Crippen LogP contribution in [0.2, 0.25) is 0 Å². The zero-order valence-electron chi connectivity index (χ0n) is 31.2. The van der Waals surface area contributed by atoms with Gasteiger partial charge in [-0.05, 0) is 87.5 Å². The summed E-state index contributed by atoms with van der Waals surface area (Å²) in [6, 6.07) is 80.5. The maximum Gasteiger partial charge on any atom is 0.0714 e. The summed E-state index contributed by atoms with van der Waals surface area (Å²) in [4.78, 5) is 0. The third-order valence-electron chi connectivity index (χ3n) is 12.4. The first-order valence-electron chi connectivity index (χ1n) is 19.8. The van der Waals surface area contributed by atoms with Crippen LogP contribution in [0.3, 0.4) is 0 Å². The van der Waals surface area contributed by atoms with Crippen molar-refractivity contribution in [3.8, 4) is 33.6 Å². The van der Waals surface area contributed by atoms with Crippen LogP contribution in [0.4, 0.5) is 0 Å². The normalized spacial score (nSPS) is 13.1. The Morgan fingerprint density at radius 1 is 0.333 bits per heavy atom. The van der Waals surface area contributed by atoms with Gasteiger partial charge in [0.2, 0.25) is 0 Å². The van der Waals surface area contributed by atoms with Crippen molar-refractivity contribution >= 4 is 43.6 Å². The summed E-state index contributed by atoms with van der Waals surface area (Å²) in [7, 11) is 0. The van der Waals surface area contributed by atoms with Gasteiger partial charge in [0, 0.05) is 38.5 Å². The molecule has 2 heteroatoms. The lowest BCUT2D eigenvalue weighted by Gasteiger charge is -2.34. The van der Waals surface area contributed by atoms with E-state index in [-0.39, 0.29) is 0 Å². The molecule has 0 atom stereocenters. The Morgan fingerprint density at radius 2 is 0.807 bits per heavy atom. The number of benzene rings is 9. The first kappa shape index (κ1) is 31.9. The molecular formula is C55H36N2. The van der Waals surface area contributed by atoms with E-state index in [0.29, 0.717) is 0 Å². The molecular weight excluding hydrogens is 689 g/mol. The van der Waals surface area contributed by atoms with E-state index in [1.54, 1.807) is 0 Å². The standard InChI is InChI=1S/C55H36N2/c1-4-18-38(19-5-1)55(39-20-6-2-7-21-39)47-28-14-10-26-44(47)52-48(55)36-46(54-53(52)45-27-13-17-31-51(45)57(54)40-22-8-3-9-23-40)37-32-34-41(35-33-37)56-49-29-15-11-24-42(49)43-25-12-16-30-50(43)56/h1-36H. The van der Waals surface area contributed by atoms with Crippen molar-refractivity contribution in [1.82, 2.24) is 9.13 Å². The van der Waals surface area contributed by atoms with E-state index >= 15 is 0 Å². The van der Waals surface area contributed by atoms with Crippen LogP contribution in [0, 0.1) is 0 Å². The van der Waals surface area contributed by atoms with Crippen LogP contribution in [-0.2, 0) is 5.41 Å². The average molecular weight is 725 g/mol. The van der Waals surface area contributed by atoms with Gasteiger partial charge in [-0.25, -0.2) is 0 Å². The average Bonchev–Trinajstić information content (AvgIpc) is 3.92. The highest BCUT2D eigenvalue weighted by atomic mass is 15.0. The van der Waals surface area contributed by atoms with Crippen molar-refractivity contribution in [2.24, 2.45) is 0 Å². The van der Waals surface area contributed by atoms with E-state index in [1.165, 1.54) is 88.1 Å². The molecule has 0 saturated heterocycles. The van der Waals surface area contributed by atoms with Gasteiger partial charge in [-0.1, -0.05) is 170 Å². The van der Waals surface area contributed by atoms with Crippen molar-refractivity contribution in [3.05, 3.63) is 241 Å². The quantitative estimate of drug-likeness (QED) is 0.167. The molecule has 0 radical (unpaired) electrons. The molecule has 57 heavy (non-hydrogen) atoms. The monoisotopic (exact) mass is 724 g/mol. The molecule has 0 saturated carbocycles. The number of nitrogens with zero attached hydrogens (tertiary/aromatic N) is 2. The maximum absolute atomic E-state index is 2.53. The number of hydrogen-bond acceptors (Lipinski definition) is 0. The molecule has 12 rings (SSSR count). The lowest BCUT2D eigenvalue weighted by molar-refractivity contribution is 0.769. The van der Waals surface area contributed by atoms with E-state index in [0.717, 1.165) is 11.4 Å². The highest BCUT2D eigenvalue weighted by Gasteiger charge is 2.47. The summed E-state index contributed by atoms with van der Waals surface area (Å²) in [5.74, 6) is 0. The van der Waals surface area contributed by atoms with Gasteiger partial charge in [-0.2, -0.15) is 0 Å². The third-order valence-corrected chi connectivity index (χ3v) is 12.4. The van der Waals surface area contributed by atoms with E-state index in [9.17, 15) is 0 Å². The summed E-state index contributed by atoms with van der Waals surface area (Å²) >= 11 is 0. The predicted molar refractivity (Wildman–Crippen MR) is 238 cm³/mol. The minimum absolute atomic E-state index is 0.531. The van der Waals surface area contributed by atoms with Crippen LogP contribution >= 0.6 is 0 Å². The van der Waals surface area contributed by atoms with Crippen molar-refractivity contribution in [2.45, 2.75) is 5.41 Å². The molecule has 0 fully saturated rings. The lowest BCUT2D eigenvalue weighted by Crippen LogP contribution is -2.28. The molecule has 0 N–H and O–H groups in total. The first-order chi connectivity index (χ1) is 28.3. The molecule has 0 amide bonds. The van der Waals surface area contributed by atoms with Gasteiger partial charge in [-0.3, -0.25) is 0 Å². The number of para-hydroxylation sites is 4. The minimum atomic E-state index is -0.531. The molecule has 1 aliphatic carbocycles. The van der Waals surface area contributed by atoms with Crippen LogP contribution in [0.25, 0.3) is 77.2 Å². The second-order valence-electron chi connectivity index (χ2n) is 15.2. The molecule has 0 unspecified atom stereocenters. The molecule has 11 aromatic rings. The molecule has 0 spiro atoms. The number of hydrogen-bond donors (Lipinski definition) is 0. The molecule has 9 aromatic carbocycles. The van der Waals surface area contributed by atoms with Crippen LogP contribution < -0.4 is 0 Å². The fourth-order valence-corrected chi connectivity index (χ4v) is 10.1. The fraction of sp³-hybridized carbons (Fsp3) is 0.0182. The van der Waals surface area contributed by atoms with Crippen molar-refractivity contribution in [1.29, 1.82) is 0 Å². The third kappa shape index (κ3) is 4.41. The molecule has 266 valence electrons. The van der Waals surface area contributed by atoms with Gasteiger partial charge >= 0.3 is 0 Å². The van der Waals surface area contributed by atoms with Gasteiger partial charge in [0.15, 0.2) is 0 Å². The Balaban J connectivity index is 1.23. The first-order valence-corrected chi connectivity index (χ1v) is 19.8.